The maximum Gasteiger partial charge on any atom is 0.0615 e. The average molecular weight is 202 g/mol. The van der Waals surface area contributed by atoms with Gasteiger partial charge >= 0.3 is 0 Å². The number of rotatable bonds is 4. The highest BCUT2D eigenvalue weighted by Gasteiger charge is 2.42. The first kappa shape index (κ1) is 12.0. The van der Waals surface area contributed by atoms with Crippen molar-refractivity contribution in [2.75, 3.05) is 13.2 Å². The maximum atomic E-state index is 9.69. The molecule has 0 bridgehead atoms. The third-order valence-electron chi connectivity index (χ3n) is 3.84. The van der Waals surface area contributed by atoms with E-state index < -0.39 is 11.5 Å². The van der Waals surface area contributed by atoms with Crippen LogP contribution in [0, 0.1) is 11.3 Å². The van der Waals surface area contributed by atoms with Gasteiger partial charge in [-0.3, -0.25) is 0 Å². The third-order valence-corrected chi connectivity index (χ3v) is 3.84. The summed E-state index contributed by atoms with van der Waals surface area (Å²) in [4.78, 5) is 0. The van der Waals surface area contributed by atoms with Crippen LogP contribution in [-0.2, 0) is 0 Å². The van der Waals surface area contributed by atoms with Crippen molar-refractivity contribution in [3.05, 3.63) is 0 Å². The van der Waals surface area contributed by atoms with E-state index in [1.165, 1.54) is 6.42 Å². The Hall–Kier alpha value is -0.120. The van der Waals surface area contributed by atoms with E-state index in [0.717, 1.165) is 25.7 Å². The summed E-state index contributed by atoms with van der Waals surface area (Å²) >= 11 is 0. The summed E-state index contributed by atoms with van der Waals surface area (Å²) in [7, 11) is 0. The summed E-state index contributed by atoms with van der Waals surface area (Å²) in [6.07, 6.45) is 4.94. The van der Waals surface area contributed by atoms with Gasteiger partial charge in [-0.15, -0.1) is 0 Å². The number of aliphatic hydroxyl groups excluding tert-OH is 3. The molecule has 14 heavy (non-hydrogen) atoms. The second-order valence-electron chi connectivity index (χ2n) is 4.56. The minimum absolute atomic E-state index is 0.119. The highest BCUT2D eigenvalue weighted by atomic mass is 16.3. The fourth-order valence-electron chi connectivity index (χ4n) is 2.59. The predicted molar refractivity (Wildman–Crippen MR) is 54.9 cm³/mol. The maximum absolute atomic E-state index is 9.69. The van der Waals surface area contributed by atoms with E-state index in [1.807, 2.05) is 0 Å². The number of aliphatic hydroxyl groups is 3. The molecule has 0 saturated heterocycles. The molecule has 0 radical (unpaired) electrons. The quantitative estimate of drug-likeness (QED) is 0.635. The minimum atomic E-state index is -0.680. The highest BCUT2D eigenvalue weighted by molar-refractivity contribution is 4.91. The van der Waals surface area contributed by atoms with Crippen LogP contribution in [0.25, 0.3) is 0 Å². The van der Waals surface area contributed by atoms with Crippen molar-refractivity contribution in [2.45, 2.75) is 45.1 Å². The summed E-state index contributed by atoms with van der Waals surface area (Å²) < 4.78 is 0. The molecule has 0 spiro atoms. The monoisotopic (exact) mass is 202 g/mol. The fraction of sp³-hybridized carbons (Fsp3) is 1.00. The summed E-state index contributed by atoms with van der Waals surface area (Å²) in [6.45, 7) is 1.43. The predicted octanol–water partition coefficient (Wildman–Crippen LogP) is 0.918. The molecule has 1 rings (SSSR count). The van der Waals surface area contributed by atoms with Gasteiger partial charge in [0.2, 0.25) is 0 Å². The molecule has 3 N–H and O–H groups in total. The van der Waals surface area contributed by atoms with E-state index in [2.05, 4.69) is 0 Å². The molecule has 1 atom stereocenters. The first-order valence-electron chi connectivity index (χ1n) is 5.57. The van der Waals surface area contributed by atoms with Crippen molar-refractivity contribution in [3.63, 3.8) is 0 Å². The Morgan fingerprint density at radius 1 is 1.14 bits per heavy atom. The molecule has 1 fully saturated rings. The molecule has 1 unspecified atom stereocenters. The Labute approximate surface area is 85.8 Å². The lowest BCUT2D eigenvalue weighted by atomic mass is 9.67. The normalized spacial score (nSPS) is 22.3. The lowest BCUT2D eigenvalue weighted by Gasteiger charge is -2.42. The molecule has 3 nitrogen and oxygen atoms in total. The van der Waals surface area contributed by atoms with Crippen LogP contribution in [-0.4, -0.2) is 34.6 Å². The highest BCUT2D eigenvalue weighted by Crippen LogP contribution is 2.40. The van der Waals surface area contributed by atoms with Crippen molar-refractivity contribution in [2.24, 2.45) is 11.3 Å². The Kier molecular flexibility index (Phi) is 4.35. The second-order valence-corrected chi connectivity index (χ2v) is 4.56. The molecule has 3 heteroatoms. The molecule has 0 aliphatic heterocycles. The van der Waals surface area contributed by atoms with E-state index in [9.17, 15) is 15.3 Å². The summed E-state index contributed by atoms with van der Waals surface area (Å²) in [5.41, 5.74) is -0.680. The molecule has 0 aromatic heterocycles. The van der Waals surface area contributed by atoms with Crippen molar-refractivity contribution < 1.29 is 15.3 Å². The van der Waals surface area contributed by atoms with Gasteiger partial charge in [-0.2, -0.15) is 0 Å². The fourth-order valence-corrected chi connectivity index (χ4v) is 2.59. The molecule has 1 saturated carbocycles. The van der Waals surface area contributed by atoms with Gasteiger partial charge in [0.1, 0.15) is 0 Å². The van der Waals surface area contributed by atoms with Crippen LogP contribution in [0.3, 0.4) is 0 Å². The van der Waals surface area contributed by atoms with Gasteiger partial charge in [0.15, 0.2) is 0 Å². The standard InChI is InChI=1S/C11H22O3/c1-9(14)11(7-12,8-13)10-5-3-2-4-6-10/h9-10,12-14H,2-8H2,1H3. The van der Waals surface area contributed by atoms with Crippen molar-refractivity contribution >= 4 is 0 Å². The molecule has 84 valence electrons. The van der Waals surface area contributed by atoms with E-state index in [-0.39, 0.29) is 19.1 Å². The van der Waals surface area contributed by atoms with Gasteiger partial charge in [0.25, 0.3) is 0 Å². The summed E-state index contributed by atoms with van der Waals surface area (Å²) in [5.74, 6) is 0.270. The second kappa shape index (κ2) is 5.10. The topological polar surface area (TPSA) is 60.7 Å². The van der Waals surface area contributed by atoms with Gasteiger partial charge in [0, 0.05) is 5.41 Å². The van der Waals surface area contributed by atoms with Crippen LogP contribution in [0.2, 0.25) is 0 Å². The Bertz CT molecular complexity index is 158. The van der Waals surface area contributed by atoms with Crippen LogP contribution in [0.5, 0.6) is 0 Å². The molecule has 0 heterocycles. The molecular weight excluding hydrogens is 180 g/mol. The van der Waals surface area contributed by atoms with Crippen LogP contribution < -0.4 is 0 Å². The number of hydrogen-bond donors (Lipinski definition) is 3. The Morgan fingerprint density at radius 2 is 1.64 bits per heavy atom. The third kappa shape index (κ3) is 2.10. The largest absolute Gasteiger partial charge is 0.396 e. The smallest absolute Gasteiger partial charge is 0.0615 e. The van der Waals surface area contributed by atoms with Crippen molar-refractivity contribution in [1.29, 1.82) is 0 Å². The Balaban J connectivity index is 2.73. The molecule has 1 aliphatic rings. The first-order valence-corrected chi connectivity index (χ1v) is 5.57. The van der Waals surface area contributed by atoms with E-state index in [4.69, 9.17) is 0 Å². The Morgan fingerprint density at radius 3 is 2.00 bits per heavy atom. The molecule has 0 aromatic rings. The van der Waals surface area contributed by atoms with Gasteiger partial charge in [-0.1, -0.05) is 19.3 Å². The van der Waals surface area contributed by atoms with Gasteiger partial charge in [0.05, 0.1) is 19.3 Å². The number of hydrogen-bond acceptors (Lipinski definition) is 3. The SMILES string of the molecule is CC(O)C(CO)(CO)C1CCCCC1. The van der Waals surface area contributed by atoms with Crippen molar-refractivity contribution in [1.82, 2.24) is 0 Å². The van der Waals surface area contributed by atoms with Crippen LogP contribution in [0.15, 0.2) is 0 Å². The average Bonchev–Trinajstić information content (AvgIpc) is 2.22. The van der Waals surface area contributed by atoms with Gasteiger partial charge in [-0.25, -0.2) is 0 Å². The lowest BCUT2D eigenvalue weighted by molar-refractivity contribution is -0.0917. The summed E-state index contributed by atoms with van der Waals surface area (Å²) in [5, 5.41) is 28.5. The van der Waals surface area contributed by atoms with Crippen molar-refractivity contribution in [3.8, 4) is 0 Å². The first-order chi connectivity index (χ1) is 6.67. The van der Waals surface area contributed by atoms with Gasteiger partial charge in [-0.05, 0) is 25.7 Å². The van der Waals surface area contributed by atoms with Crippen LogP contribution in [0.1, 0.15) is 39.0 Å². The summed E-state index contributed by atoms with van der Waals surface area (Å²) in [6, 6.07) is 0. The zero-order chi connectivity index (χ0) is 10.6. The molecule has 1 aliphatic carbocycles. The van der Waals surface area contributed by atoms with Crippen LogP contribution in [0.4, 0.5) is 0 Å². The lowest BCUT2D eigenvalue weighted by Crippen LogP contribution is -2.47. The molecule has 0 amide bonds. The van der Waals surface area contributed by atoms with E-state index >= 15 is 0 Å². The van der Waals surface area contributed by atoms with Gasteiger partial charge < -0.3 is 15.3 Å². The van der Waals surface area contributed by atoms with E-state index in [0.29, 0.717) is 0 Å². The van der Waals surface area contributed by atoms with Crippen LogP contribution >= 0.6 is 0 Å². The molecular formula is C11H22O3. The molecule has 0 aromatic carbocycles. The zero-order valence-corrected chi connectivity index (χ0v) is 8.95. The van der Waals surface area contributed by atoms with E-state index in [1.54, 1.807) is 6.92 Å². The zero-order valence-electron chi connectivity index (χ0n) is 8.95. The minimum Gasteiger partial charge on any atom is -0.396 e.